The molecule has 3 heterocycles. The van der Waals surface area contributed by atoms with Gasteiger partial charge in [0.1, 0.15) is 0 Å². The summed E-state index contributed by atoms with van der Waals surface area (Å²) in [4.78, 5) is 0. The normalized spacial score (nSPS) is 35.9. The van der Waals surface area contributed by atoms with Crippen LogP contribution in [0.3, 0.4) is 0 Å². The van der Waals surface area contributed by atoms with Crippen molar-refractivity contribution in [2.45, 2.75) is 50.2 Å². The van der Waals surface area contributed by atoms with Gasteiger partial charge in [0, 0.05) is 19.3 Å². The molecule has 0 radical (unpaired) electrons. The predicted molar refractivity (Wildman–Crippen MR) is 84.4 cm³/mol. The molecule has 3 atom stereocenters. The van der Waals surface area contributed by atoms with Crippen LogP contribution in [0.15, 0.2) is 0 Å². The second kappa shape index (κ2) is 6.99. The molecule has 1 N–H and O–H groups in total. The van der Waals surface area contributed by atoms with E-state index < -0.39 is 0 Å². The topological polar surface area (TPSA) is 30.5 Å². The zero-order valence-electron chi connectivity index (χ0n) is 12.7. The van der Waals surface area contributed by atoms with Gasteiger partial charge in [0.25, 0.3) is 0 Å². The second-order valence-corrected chi connectivity index (χ2v) is 7.91. The van der Waals surface area contributed by atoms with Gasteiger partial charge >= 0.3 is 0 Å². The fraction of sp³-hybridized carbons (Fsp3) is 1.00. The number of hydrogen-bond donors (Lipinski definition) is 1. The Morgan fingerprint density at radius 1 is 1.15 bits per heavy atom. The lowest BCUT2D eigenvalue weighted by Gasteiger charge is -2.47. The van der Waals surface area contributed by atoms with Crippen molar-refractivity contribution in [3.05, 3.63) is 0 Å². The summed E-state index contributed by atoms with van der Waals surface area (Å²) in [5.41, 5.74) is 0.207. The Hall–Kier alpha value is 0.230. The highest BCUT2D eigenvalue weighted by molar-refractivity contribution is 7.99. The standard InChI is InChI=1S/C16H29NO2S/c1-17-15(14-3-2-7-18-12-14)13-4-8-19-16(11-13)5-9-20-10-6-16/h13-15,17H,2-12H2,1H3. The quantitative estimate of drug-likeness (QED) is 0.868. The Labute approximate surface area is 127 Å². The van der Waals surface area contributed by atoms with Crippen LogP contribution < -0.4 is 5.32 Å². The molecule has 0 saturated carbocycles. The third-order valence-corrected chi connectivity index (χ3v) is 6.47. The van der Waals surface area contributed by atoms with Crippen LogP contribution in [-0.4, -0.2) is 50.0 Å². The van der Waals surface area contributed by atoms with E-state index in [1.165, 1.54) is 50.0 Å². The molecule has 3 fully saturated rings. The van der Waals surface area contributed by atoms with Gasteiger partial charge in [-0.3, -0.25) is 0 Å². The molecule has 3 nitrogen and oxygen atoms in total. The molecule has 116 valence electrons. The molecule has 3 rings (SSSR count). The summed E-state index contributed by atoms with van der Waals surface area (Å²) >= 11 is 2.09. The number of rotatable bonds is 3. The summed E-state index contributed by atoms with van der Waals surface area (Å²) in [5.74, 6) is 4.03. The third-order valence-electron chi connectivity index (χ3n) is 5.48. The first-order valence-corrected chi connectivity index (χ1v) is 9.45. The van der Waals surface area contributed by atoms with Crippen LogP contribution in [-0.2, 0) is 9.47 Å². The molecule has 0 aromatic carbocycles. The van der Waals surface area contributed by atoms with Crippen LogP contribution in [0.25, 0.3) is 0 Å². The lowest BCUT2D eigenvalue weighted by molar-refractivity contribution is -0.113. The van der Waals surface area contributed by atoms with Gasteiger partial charge in [0.05, 0.1) is 12.2 Å². The fourth-order valence-corrected chi connectivity index (χ4v) is 5.61. The zero-order chi connectivity index (χ0) is 13.8. The summed E-state index contributed by atoms with van der Waals surface area (Å²) in [5, 5.41) is 3.62. The van der Waals surface area contributed by atoms with Gasteiger partial charge < -0.3 is 14.8 Å². The molecular weight excluding hydrogens is 270 g/mol. The summed E-state index contributed by atoms with van der Waals surface area (Å²) in [6, 6.07) is 0.616. The molecule has 0 aromatic heterocycles. The van der Waals surface area contributed by atoms with E-state index in [2.05, 4.69) is 24.1 Å². The van der Waals surface area contributed by atoms with Crippen molar-refractivity contribution in [1.82, 2.24) is 5.32 Å². The maximum Gasteiger partial charge on any atom is 0.0701 e. The smallest absolute Gasteiger partial charge is 0.0701 e. The monoisotopic (exact) mass is 299 g/mol. The Kier molecular flexibility index (Phi) is 5.29. The molecule has 0 aliphatic carbocycles. The van der Waals surface area contributed by atoms with E-state index >= 15 is 0 Å². The van der Waals surface area contributed by atoms with Crippen LogP contribution >= 0.6 is 11.8 Å². The minimum absolute atomic E-state index is 0.207. The van der Waals surface area contributed by atoms with Gasteiger partial charge in [-0.1, -0.05) is 0 Å². The molecule has 0 bridgehead atoms. The van der Waals surface area contributed by atoms with Crippen LogP contribution in [0.2, 0.25) is 0 Å². The van der Waals surface area contributed by atoms with Crippen molar-refractivity contribution in [3.8, 4) is 0 Å². The summed E-state index contributed by atoms with van der Waals surface area (Å²) in [6.07, 6.45) is 7.55. The lowest BCUT2D eigenvalue weighted by atomic mass is 9.74. The van der Waals surface area contributed by atoms with Crippen molar-refractivity contribution >= 4 is 11.8 Å². The first-order chi connectivity index (χ1) is 9.83. The highest BCUT2D eigenvalue weighted by Gasteiger charge is 2.42. The lowest BCUT2D eigenvalue weighted by Crippen LogP contribution is -2.51. The summed E-state index contributed by atoms with van der Waals surface area (Å²) in [6.45, 7) is 2.87. The average molecular weight is 299 g/mol. The van der Waals surface area contributed by atoms with Crippen molar-refractivity contribution in [3.63, 3.8) is 0 Å². The van der Waals surface area contributed by atoms with Crippen LogP contribution in [0.1, 0.15) is 38.5 Å². The van der Waals surface area contributed by atoms with Gasteiger partial charge in [0.15, 0.2) is 0 Å². The number of ether oxygens (including phenoxy) is 2. The van der Waals surface area contributed by atoms with Gasteiger partial charge in [-0.2, -0.15) is 11.8 Å². The molecule has 0 aromatic rings. The Morgan fingerprint density at radius 3 is 2.70 bits per heavy atom. The molecule has 3 saturated heterocycles. The maximum absolute atomic E-state index is 6.25. The van der Waals surface area contributed by atoms with Crippen LogP contribution in [0.4, 0.5) is 0 Å². The van der Waals surface area contributed by atoms with E-state index in [1.54, 1.807) is 0 Å². The van der Waals surface area contributed by atoms with Crippen molar-refractivity contribution in [2.24, 2.45) is 11.8 Å². The number of hydrogen-bond acceptors (Lipinski definition) is 4. The van der Waals surface area contributed by atoms with Gasteiger partial charge in [0.2, 0.25) is 0 Å². The maximum atomic E-state index is 6.25. The number of nitrogens with one attached hydrogen (secondary N) is 1. The summed E-state index contributed by atoms with van der Waals surface area (Å²) in [7, 11) is 2.14. The van der Waals surface area contributed by atoms with E-state index in [4.69, 9.17) is 9.47 Å². The van der Waals surface area contributed by atoms with Crippen molar-refractivity contribution in [2.75, 3.05) is 38.4 Å². The van der Waals surface area contributed by atoms with Crippen LogP contribution in [0, 0.1) is 11.8 Å². The first-order valence-electron chi connectivity index (χ1n) is 8.30. The molecular formula is C16H29NO2S. The molecule has 3 aliphatic rings. The van der Waals surface area contributed by atoms with E-state index in [-0.39, 0.29) is 5.60 Å². The third kappa shape index (κ3) is 3.34. The molecule has 1 spiro atoms. The van der Waals surface area contributed by atoms with Gasteiger partial charge in [-0.05, 0) is 68.9 Å². The summed E-state index contributed by atoms with van der Waals surface area (Å²) < 4.78 is 12.0. The molecule has 20 heavy (non-hydrogen) atoms. The molecule has 4 heteroatoms. The minimum Gasteiger partial charge on any atom is -0.381 e. The Balaban J connectivity index is 1.64. The van der Waals surface area contributed by atoms with Gasteiger partial charge in [-0.15, -0.1) is 0 Å². The van der Waals surface area contributed by atoms with E-state index in [9.17, 15) is 0 Å². The SMILES string of the molecule is CNC(C1CCCOC1)C1CCOC2(CCSCC2)C1. The minimum atomic E-state index is 0.207. The molecule has 0 amide bonds. The Morgan fingerprint density at radius 2 is 2.00 bits per heavy atom. The second-order valence-electron chi connectivity index (χ2n) is 6.69. The van der Waals surface area contributed by atoms with Crippen LogP contribution in [0.5, 0.6) is 0 Å². The van der Waals surface area contributed by atoms with E-state index in [0.29, 0.717) is 12.0 Å². The molecule has 3 aliphatic heterocycles. The highest BCUT2D eigenvalue weighted by atomic mass is 32.2. The number of thioether (sulfide) groups is 1. The molecule has 3 unspecified atom stereocenters. The zero-order valence-corrected chi connectivity index (χ0v) is 13.6. The predicted octanol–water partition coefficient (Wildman–Crippen LogP) is 2.69. The fourth-order valence-electron chi connectivity index (χ4n) is 4.37. The van der Waals surface area contributed by atoms with Crippen molar-refractivity contribution < 1.29 is 9.47 Å². The van der Waals surface area contributed by atoms with Crippen molar-refractivity contribution in [1.29, 1.82) is 0 Å². The van der Waals surface area contributed by atoms with Gasteiger partial charge in [-0.25, -0.2) is 0 Å². The van der Waals surface area contributed by atoms with E-state index in [0.717, 1.165) is 25.7 Å². The largest absolute Gasteiger partial charge is 0.381 e. The highest BCUT2D eigenvalue weighted by Crippen LogP contribution is 2.42. The first kappa shape index (κ1) is 15.1. The average Bonchev–Trinajstić information content (AvgIpc) is 2.50. The Bertz CT molecular complexity index is 295. The van der Waals surface area contributed by atoms with E-state index in [1.807, 2.05) is 0 Å².